The summed E-state index contributed by atoms with van der Waals surface area (Å²) in [7, 11) is 1.78. The molecule has 3 rings (SSSR count). The van der Waals surface area contributed by atoms with Crippen LogP contribution in [0.1, 0.15) is 36.8 Å². The minimum absolute atomic E-state index is 0.0356. The first-order valence-electron chi connectivity index (χ1n) is 9.19. The monoisotopic (exact) mass is 380 g/mol. The predicted molar refractivity (Wildman–Crippen MR) is 107 cm³/mol. The Hall–Kier alpha value is -3.22. The Morgan fingerprint density at radius 2 is 1.82 bits per heavy atom. The highest BCUT2D eigenvalue weighted by Gasteiger charge is 2.24. The largest absolute Gasteiger partial charge is 0.449 e. The summed E-state index contributed by atoms with van der Waals surface area (Å²) in [5.41, 5.74) is 3.13. The zero-order chi connectivity index (χ0) is 20.4. The minimum atomic E-state index is -0.907. The summed E-state index contributed by atoms with van der Waals surface area (Å²) in [6.07, 6.45) is -0.907. The second-order valence-corrected chi connectivity index (χ2v) is 7.04. The van der Waals surface area contributed by atoms with Crippen molar-refractivity contribution in [2.75, 3.05) is 0 Å². The van der Waals surface area contributed by atoms with Gasteiger partial charge in [0.05, 0.1) is 22.3 Å². The number of amides is 1. The lowest BCUT2D eigenvalue weighted by Gasteiger charge is -2.16. The molecule has 0 aliphatic heterocycles. The highest BCUT2D eigenvalue weighted by Crippen LogP contribution is 2.27. The van der Waals surface area contributed by atoms with Crippen LogP contribution in [0.15, 0.2) is 36.4 Å². The Bertz CT molecular complexity index is 1030. The average Bonchev–Trinajstić information content (AvgIpc) is 2.95. The number of hydrogen-bond acceptors (Lipinski definition) is 5. The van der Waals surface area contributed by atoms with Gasteiger partial charge in [0.25, 0.3) is 5.91 Å². The summed E-state index contributed by atoms with van der Waals surface area (Å²) in [6, 6.07) is 11.2. The number of ether oxygens (including phenoxy) is 1. The topological polar surface area (TPSA) is 86.1 Å². The van der Waals surface area contributed by atoms with E-state index in [4.69, 9.17) is 4.74 Å². The number of esters is 1. The van der Waals surface area contributed by atoms with Crippen LogP contribution in [0.5, 0.6) is 0 Å². The van der Waals surface area contributed by atoms with Crippen LogP contribution in [0.25, 0.3) is 22.3 Å². The molecule has 2 aromatic heterocycles. The fourth-order valence-corrected chi connectivity index (χ4v) is 3.04. The molecule has 1 unspecified atom stereocenters. The van der Waals surface area contributed by atoms with Crippen molar-refractivity contribution in [3.8, 4) is 11.3 Å². The van der Waals surface area contributed by atoms with E-state index in [2.05, 4.69) is 15.4 Å². The molecule has 1 N–H and O–H groups in total. The molecule has 1 atom stereocenters. The van der Waals surface area contributed by atoms with Crippen molar-refractivity contribution < 1.29 is 14.3 Å². The molecule has 0 fully saturated rings. The molecule has 0 bridgehead atoms. The molecule has 0 saturated carbocycles. The number of nitrogens with zero attached hydrogens (tertiary/aromatic N) is 3. The lowest BCUT2D eigenvalue weighted by Crippen LogP contribution is -2.39. The molecule has 146 valence electrons. The number of carbonyl (C=O) groups is 2. The lowest BCUT2D eigenvalue weighted by molar-refractivity contribution is -0.129. The number of benzene rings is 1. The SMILES string of the molecule is Cc1nn(C)c2nc(-c3ccccc3)cc(C(=O)OC(C)C(=O)NC(C)C)c12. The fourth-order valence-electron chi connectivity index (χ4n) is 3.04. The Morgan fingerprint density at radius 3 is 2.46 bits per heavy atom. The van der Waals surface area contributed by atoms with Gasteiger partial charge in [-0.3, -0.25) is 9.48 Å². The maximum absolute atomic E-state index is 12.9. The quantitative estimate of drug-likeness (QED) is 0.688. The van der Waals surface area contributed by atoms with Crippen LogP contribution in [-0.4, -0.2) is 38.8 Å². The van der Waals surface area contributed by atoms with Gasteiger partial charge in [-0.2, -0.15) is 5.10 Å². The molecule has 3 aromatic rings. The molecular formula is C21H24N4O3. The predicted octanol–water partition coefficient (Wildman–Crippen LogP) is 3.01. The van der Waals surface area contributed by atoms with Gasteiger partial charge in [-0.15, -0.1) is 0 Å². The van der Waals surface area contributed by atoms with Gasteiger partial charge in [0.2, 0.25) is 0 Å². The molecule has 1 aromatic carbocycles. The second kappa shape index (κ2) is 7.80. The normalized spacial score (nSPS) is 12.2. The molecule has 1 amide bonds. The summed E-state index contributed by atoms with van der Waals surface area (Å²) >= 11 is 0. The van der Waals surface area contributed by atoms with Gasteiger partial charge in [-0.25, -0.2) is 9.78 Å². The van der Waals surface area contributed by atoms with E-state index in [-0.39, 0.29) is 11.9 Å². The van der Waals surface area contributed by atoms with Crippen molar-refractivity contribution in [2.24, 2.45) is 7.05 Å². The number of fused-ring (bicyclic) bond motifs is 1. The van der Waals surface area contributed by atoms with E-state index in [1.807, 2.05) is 51.1 Å². The van der Waals surface area contributed by atoms with Crippen molar-refractivity contribution >= 4 is 22.9 Å². The number of rotatable bonds is 5. The Kier molecular flexibility index (Phi) is 5.44. The summed E-state index contributed by atoms with van der Waals surface area (Å²) in [6.45, 7) is 7.08. The van der Waals surface area contributed by atoms with Crippen LogP contribution in [0, 0.1) is 6.92 Å². The molecule has 0 spiro atoms. The van der Waals surface area contributed by atoms with Crippen molar-refractivity contribution in [1.82, 2.24) is 20.1 Å². The average molecular weight is 380 g/mol. The number of aromatic nitrogens is 3. The van der Waals surface area contributed by atoms with Gasteiger partial charge in [0.1, 0.15) is 0 Å². The standard InChI is InChI=1S/C21H24N4O3/c1-12(2)22-20(26)14(4)28-21(27)16-11-17(15-9-7-6-8-10-15)23-19-18(16)13(3)24-25(19)5/h6-12,14H,1-5H3,(H,22,26). The molecule has 7 heteroatoms. The van der Waals surface area contributed by atoms with Crippen LogP contribution < -0.4 is 5.32 Å². The first kappa shape index (κ1) is 19.5. The third kappa shape index (κ3) is 3.88. The molecule has 0 saturated heterocycles. The van der Waals surface area contributed by atoms with Gasteiger partial charge >= 0.3 is 5.97 Å². The van der Waals surface area contributed by atoms with E-state index in [0.29, 0.717) is 28.0 Å². The number of hydrogen-bond donors (Lipinski definition) is 1. The van der Waals surface area contributed by atoms with Crippen LogP contribution in [0.3, 0.4) is 0 Å². The van der Waals surface area contributed by atoms with Crippen molar-refractivity contribution in [2.45, 2.75) is 39.8 Å². The van der Waals surface area contributed by atoms with Gasteiger partial charge < -0.3 is 10.1 Å². The summed E-state index contributed by atoms with van der Waals surface area (Å²) in [5, 5.41) is 7.76. The smallest absolute Gasteiger partial charge is 0.339 e. The van der Waals surface area contributed by atoms with Crippen molar-refractivity contribution in [3.63, 3.8) is 0 Å². The molecule has 7 nitrogen and oxygen atoms in total. The number of pyridine rings is 1. The Balaban J connectivity index is 2.04. The third-order valence-corrected chi connectivity index (χ3v) is 4.34. The number of carbonyl (C=O) groups excluding carboxylic acids is 2. The minimum Gasteiger partial charge on any atom is -0.449 e. The number of aryl methyl sites for hydroxylation is 2. The fraction of sp³-hybridized carbons (Fsp3) is 0.333. The van der Waals surface area contributed by atoms with E-state index in [1.165, 1.54) is 0 Å². The van der Waals surface area contributed by atoms with Gasteiger partial charge in [-0.1, -0.05) is 30.3 Å². The van der Waals surface area contributed by atoms with Gasteiger partial charge in [0.15, 0.2) is 11.8 Å². The molecule has 2 heterocycles. The summed E-state index contributed by atoms with van der Waals surface area (Å²) < 4.78 is 7.09. The maximum Gasteiger partial charge on any atom is 0.339 e. The zero-order valence-corrected chi connectivity index (χ0v) is 16.7. The van der Waals surface area contributed by atoms with Gasteiger partial charge in [0, 0.05) is 18.7 Å². The molecule has 0 aliphatic carbocycles. The Labute approximate surface area is 163 Å². The highest BCUT2D eigenvalue weighted by molar-refractivity contribution is 6.05. The Morgan fingerprint density at radius 1 is 1.14 bits per heavy atom. The van der Waals surface area contributed by atoms with Gasteiger partial charge in [-0.05, 0) is 33.8 Å². The molecule has 0 radical (unpaired) electrons. The summed E-state index contributed by atoms with van der Waals surface area (Å²) in [5.74, 6) is -0.910. The van der Waals surface area contributed by atoms with Crippen LogP contribution in [0.2, 0.25) is 0 Å². The van der Waals surface area contributed by atoms with Crippen LogP contribution >= 0.6 is 0 Å². The highest BCUT2D eigenvalue weighted by atomic mass is 16.5. The van der Waals surface area contributed by atoms with E-state index in [9.17, 15) is 9.59 Å². The molecule has 0 aliphatic rings. The second-order valence-electron chi connectivity index (χ2n) is 7.04. The van der Waals surface area contributed by atoms with E-state index in [0.717, 1.165) is 5.56 Å². The molecular weight excluding hydrogens is 356 g/mol. The van der Waals surface area contributed by atoms with Crippen LogP contribution in [0.4, 0.5) is 0 Å². The van der Waals surface area contributed by atoms with E-state index >= 15 is 0 Å². The van der Waals surface area contributed by atoms with E-state index < -0.39 is 12.1 Å². The lowest BCUT2D eigenvalue weighted by atomic mass is 10.1. The van der Waals surface area contributed by atoms with Crippen LogP contribution in [-0.2, 0) is 16.6 Å². The van der Waals surface area contributed by atoms with Crippen molar-refractivity contribution in [1.29, 1.82) is 0 Å². The van der Waals surface area contributed by atoms with Crippen molar-refractivity contribution in [3.05, 3.63) is 47.7 Å². The maximum atomic E-state index is 12.9. The molecule has 28 heavy (non-hydrogen) atoms. The first-order valence-corrected chi connectivity index (χ1v) is 9.19. The van der Waals surface area contributed by atoms with E-state index in [1.54, 1.807) is 24.7 Å². The summed E-state index contributed by atoms with van der Waals surface area (Å²) in [4.78, 5) is 29.7. The zero-order valence-electron chi connectivity index (χ0n) is 16.7. The third-order valence-electron chi connectivity index (χ3n) is 4.34. The number of nitrogens with one attached hydrogen (secondary N) is 1. The first-order chi connectivity index (χ1) is 13.3.